The van der Waals surface area contributed by atoms with Gasteiger partial charge in [-0.25, -0.2) is 4.79 Å². The summed E-state index contributed by atoms with van der Waals surface area (Å²) in [5, 5.41) is 22.7. The average Bonchev–Trinajstić information content (AvgIpc) is 2.77. The van der Waals surface area contributed by atoms with E-state index in [2.05, 4.69) is 5.32 Å². The molecule has 3 aromatic rings. The summed E-state index contributed by atoms with van der Waals surface area (Å²) in [4.78, 5) is 12.3. The van der Waals surface area contributed by atoms with Crippen LogP contribution in [-0.2, 0) is 17.4 Å². The highest BCUT2D eigenvalue weighted by Crippen LogP contribution is 2.39. The molecule has 1 atom stereocenters. The van der Waals surface area contributed by atoms with Crippen molar-refractivity contribution in [1.29, 1.82) is 5.26 Å². The van der Waals surface area contributed by atoms with Gasteiger partial charge in [0.2, 0.25) is 5.54 Å². The van der Waals surface area contributed by atoms with Crippen LogP contribution in [0.3, 0.4) is 0 Å². The number of carboxylic acids is 1. The average molecular weight is 468 g/mol. The lowest BCUT2D eigenvalue weighted by Crippen LogP contribution is -2.57. The van der Waals surface area contributed by atoms with Crippen LogP contribution in [0.2, 0.25) is 0 Å². The van der Waals surface area contributed by atoms with E-state index in [0.717, 1.165) is 29.8 Å². The molecule has 0 heterocycles. The van der Waals surface area contributed by atoms with Gasteiger partial charge in [0.25, 0.3) is 0 Å². The van der Waals surface area contributed by atoms with Crippen LogP contribution in [0, 0.1) is 16.7 Å². The van der Waals surface area contributed by atoms with Gasteiger partial charge >= 0.3 is 12.1 Å². The van der Waals surface area contributed by atoms with Crippen molar-refractivity contribution in [3.8, 4) is 17.6 Å². The Kier molecular flexibility index (Phi) is 6.87. The number of para-hydroxylation sites is 1. The number of nitriles is 1. The fourth-order valence-corrected chi connectivity index (χ4v) is 3.68. The molecule has 0 aromatic heterocycles. The molecule has 0 bridgehead atoms. The lowest BCUT2D eigenvalue weighted by Gasteiger charge is -2.39. The maximum atomic E-state index is 12.9. The maximum absolute atomic E-state index is 12.9. The molecule has 0 fully saturated rings. The Balaban J connectivity index is 1.88. The largest absolute Gasteiger partial charge is 0.479 e. The van der Waals surface area contributed by atoms with Crippen LogP contribution in [-0.4, -0.2) is 16.6 Å². The number of halogens is 3. The summed E-state index contributed by atoms with van der Waals surface area (Å²) in [6.45, 7) is 3.23. The number of hydrogen-bond acceptors (Lipinski definition) is 4. The minimum atomic E-state index is -4.52. The number of ether oxygens (including phenoxy) is 1. The molecule has 5 nitrogen and oxygen atoms in total. The number of nitrogens with zero attached hydrogens (tertiary/aromatic N) is 1. The molecule has 34 heavy (non-hydrogen) atoms. The highest BCUT2D eigenvalue weighted by atomic mass is 19.4. The zero-order chi connectivity index (χ0) is 25.0. The van der Waals surface area contributed by atoms with Crippen LogP contribution >= 0.6 is 0 Å². The first-order valence-electron chi connectivity index (χ1n) is 10.4. The third-order valence-corrected chi connectivity index (χ3v) is 5.57. The maximum Gasteiger partial charge on any atom is 0.416 e. The topological polar surface area (TPSA) is 82.3 Å². The molecule has 0 amide bonds. The Hall–Kier alpha value is -3.99. The Bertz CT molecular complexity index is 1190. The first-order valence-corrected chi connectivity index (χ1v) is 10.4. The van der Waals surface area contributed by atoms with Gasteiger partial charge in [0.05, 0.1) is 5.56 Å². The molecule has 0 aliphatic heterocycles. The Morgan fingerprint density at radius 2 is 1.59 bits per heavy atom. The molecule has 0 saturated heterocycles. The van der Waals surface area contributed by atoms with Gasteiger partial charge < -0.3 is 15.2 Å². The smallest absolute Gasteiger partial charge is 0.416 e. The van der Waals surface area contributed by atoms with Crippen LogP contribution in [0.1, 0.15) is 25.0 Å². The first-order chi connectivity index (χ1) is 16.0. The van der Waals surface area contributed by atoms with Gasteiger partial charge in [-0.3, -0.25) is 0 Å². The van der Waals surface area contributed by atoms with Crippen LogP contribution < -0.4 is 10.1 Å². The Morgan fingerprint density at radius 3 is 2.15 bits per heavy atom. The van der Waals surface area contributed by atoms with Crippen molar-refractivity contribution in [1.82, 2.24) is 0 Å². The van der Waals surface area contributed by atoms with Crippen molar-refractivity contribution in [2.75, 3.05) is 5.32 Å². The summed E-state index contributed by atoms with van der Waals surface area (Å²) < 4.78 is 44.5. The SMILES string of the molecule is CC(C)(Cc1cccc(Oc2ccccc2)c1)C(C#N)(Nc1ccc(C(F)(F)F)cc1)C(=O)O. The van der Waals surface area contributed by atoms with E-state index in [-0.39, 0.29) is 12.1 Å². The zero-order valence-electron chi connectivity index (χ0n) is 18.6. The third-order valence-electron chi connectivity index (χ3n) is 5.57. The van der Waals surface area contributed by atoms with Crippen molar-refractivity contribution >= 4 is 11.7 Å². The molecule has 3 aromatic carbocycles. The van der Waals surface area contributed by atoms with E-state index in [1.54, 1.807) is 50.2 Å². The molecule has 0 saturated carbocycles. The van der Waals surface area contributed by atoms with Crippen LogP contribution in [0.15, 0.2) is 78.9 Å². The lowest BCUT2D eigenvalue weighted by molar-refractivity contribution is -0.144. The fraction of sp³-hybridized carbons (Fsp3) is 0.231. The second-order valence-electron chi connectivity index (χ2n) is 8.49. The molecular formula is C26H23F3N2O3. The predicted molar refractivity (Wildman–Crippen MR) is 121 cm³/mol. The number of nitrogens with one attached hydrogen (secondary N) is 1. The number of aliphatic carboxylic acids is 1. The number of rotatable bonds is 8. The van der Waals surface area contributed by atoms with Gasteiger partial charge in [0.15, 0.2) is 0 Å². The van der Waals surface area contributed by atoms with Gasteiger partial charge in [0, 0.05) is 11.1 Å². The molecule has 0 aliphatic rings. The Morgan fingerprint density at radius 1 is 0.971 bits per heavy atom. The van der Waals surface area contributed by atoms with Gasteiger partial charge in [-0.1, -0.05) is 44.2 Å². The summed E-state index contributed by atoms with van der Waals surface area (Å²) >= 11 is 0. The normalized spacial score (nSPS) is 13.4. The summed E-state index contributed by atoms with van der Waals surface area (Å²) in [6, 6.07) is 22.0. The number of hydrogen-bond donors (Lipinski definition) is 2. The summed E-state index contributed by atoms with van der Waals surface area (Å²) in [5.74, 6) is -0.246. The third kappa shape index (κ3) is 5.31. The number of carbonyl (C=O) groups is 1. The predicted octanol–water partition coefficient (Wildman–Crippen LogP) is 6.53. The van der Waals surface area contributed by atoms with Gasteiger partial charge in [-0.05, 0) is 60.5 Å². The summed E-state index contributed by atoms with van der Waals surface area (Å²) in [7, 11) is 0. The molecular weight excluding hydrogens is 445 g/mol. The van der Waals surface area contributed by atoms with Crippen molar-refractivity contribution in [3.63, 3.8) is 0 Å². The van der Waals surface area contributed by atoms with Crippen LogP contribution in [0.5, 0.6) is 11.5 Å². The van der Waals surface area contributed by atoms with Gasteiger partial charge in [-0.2, -0.15) is 18.4 Å². The summed E-state index contributed by atoms with van der Waals surface area (Å²) in [6.07, 6.45) is -4.35. The number of carboxylic acid groups (broad SMARTS) is 1. The van der Waals surface area contributed by atoms with Crippen molar-refractivity contribution in [3.05, 3.63) is 90.0 Å². The number of anilines is 1. The standard InChI is InChI=1S/C26H23F3N2O3/c1-24(2,16-18-7-6-10-22(15-18)34-21-8-4-3-5-9-21)25(17-30,23(32)33)31-20-13-11-19(12-14-20)26(27,28)29/h3-15,31H,16H2,1-2H3,(H,32,33). The van der Waals surface area contributed by atoms with E-state index in [9.17, 15) is 28.3 Å². The number of benzene rings is 3. The molecule has 3 rings (SSSR count). The monoisotopic (exact) mass is 468 g/mol. The van der Waals surface area contributed by atoms with Crippen molar-refractivity contribution in [2.45, 2.75) is 32.0 Å². The highest BCUT2D eigenvalue weighted by Gasteiger charge is 2.52. The van der Waals surface area contributed by atoms with E-state index in [1.807, 2.05) is 24.3 Å². The molecule has 0 spiro atoms. The molecule has 0 aliphatic carbocycles. The van der Waals surface area contributed by atoms with Crippen LogP contribution in [0.4, 0.5) is 18.9 Å². The minimum absolute atomic E-state index is 0.0891. The van der Waals surface area contributed by atoms with E-state index in [4.69, 9.17) is 4.74 Å². The van der Waals surface area contributed by atoms with Crippen molar-refractivity contribution < 1.29 is 27.8 Å². The molecule has 0 radical (unpaired) electrons. The van der Waals surface area contributed by atoms with E-state index >= 15 is 0 Å². The van der Waals surface area contributed by atoms with E-state index < -0.39 is 28.7 Å². The fourth-order valence-electron chi connectivity index (χ4n) is 3.68. The molecule has 2 N–H and O–H groups in total. The van der Waals surface area contributed by atoms with Gasteiger partial charge in [0.1, 0.15) is 17.6 Å². The molecule has 1 unspecified atom stereocenters. The molecule has 176 valence electrons. The van der Waals surface area contributed by atoms with E-state index in [1.165, 1.54) is 0 Å². The zero-order valence-corrected chi connectivity index (χ0v) is 18.6. The summed E-state index contributed by atoms with van der Waals surface area (Å²) in [5.41, 5.74) is -3.35. The lowest BCUT2D eigenvalue weighted by atomic mass is 9.69. The Labute approximate surface area is 195 Å². The first kappa shape index (κ1) is 24.6. The highest BCUT2D eigenvalue weighted by molar-refractivity contribution is 5.88. The van der Waals surface area contributed by atoms with Crippen molar-refractivity contribution in [2.24, 2.45) is 5.41 Å². The molecule has 8 heteroatoms. The van der Waals surface area contributed by atoms with Gasteiger partial charge in [-0.15, -0.1) is 0 Å². The second-order valence-corrected chi connectivity index (χ2v) is 8.49. The number of alkyl halides is 3. The quantitative estimate of drug-likeness (QED) is 0.393. The minimum Gasteiger partial charge on any atom is -0.479 e. The van der Waals surface area contributed by atoms with E-state index in [0.29, 0.717) is 11.5 Å². The van der Waals surface area contributed by atoms with Crippen LogP contribution in [0.25, 0.3) is 0 Å². The second kappa shape index (κ2) is 9.48.